The second-order valence-electron chi connectivity index (χ2n) is 2.73. The molecule has 0 bridgehead atoms. The standard InChI is InChI=1S/C9H15N3/c10-4-1-8-3-6-12-9(7-8)2-5-11/h3,6-7H,1-2,4-5,10-11H2. The number of hydrogen-bond acceptors (Lipinski definition) is 3. The molecule has 3 nitrogen and oxygen atoms in total. The van der Waals surface area contributed by atoms with Crippen molar-refractivity contribution in [3.63, 3.8) is 0 Å². The van der Waals surface area contributed by atoms with Crippen molar-refractivity contribution in [1.82, 2.24) is 4.98 Å². The summed E-state index contributed by atoms with van der Waals surface area (Å²) in [6, 6.07) is 4.06. The molecule has 4 N–H and O–H groups in total. The zero-order valence-corrected chi connectivity index (χ0v) is 7.16. The van der Waals surface area contributed by atoms with Crippen LogP contribution in [-0.4, -0.2) is 18.1 Å². The van der Waals surface area contributed by atoms with Gasteiger partial charge in [0.2, 0.25) is 0 Å². The maximum Gasteiger partial charge on any atom is 0.0418 e. The van der Waals surface area contributed by atoms with Crippen LogP contribution >= 0.6 is 0 Å². The highest BCUT2D eigenvalue weighted by Gasteiger charge is 1.95. The van der Waals surface area contributed by atoms with E-state index in [1.165, 1.54) is 5.56 Å². The first-order valence-electron chi connectivity index (χ1n) is 4.20. The Kier molecular flexibility index (Phi) is 3.70. The summed E-state index contributed by atoms with van der Waals surface area (Å²) in [7, 11) is 0. The number of hydrogen-bond donors (Lipinski definition) is 2. The molecular formula is C9H15N3. The summed E-state index contributed by atoms with van der Waals surface area (Å²) in [5.41, 5.74) is 13.2. The average Bonchev–Trinajstić information content (AvgIpc) is 2.06. The van der Waals surface area contributed by atoms with Crippen LogP contribution in [0.25, 0.3) is 0 Å². The molecule has 0 aliphatic carbocycles. The van der Waals surface area contributed by atoms with Crippen LogP contribution in [0.15, 0.2) is 18.3 Å². The van der Waals surface area contributed by atoms with E-state index < -0.39 is 0 Å². The summed E-state index contributed by atoms with van der Waals surface area (Å²) in [4.78, 5) is 4.19. The molecule has 3 heteroatoms. The van der Waals surface area contributed by atoms with Gasteiger partial charge in [-0.3, -0.25) is 4.98 Å². The maximum atomic E-state index is 5.44. The van der Waals surface area contributed by atoms with E-state index in [-0.39, 0.29) is 0 Å². The fourth-order valence-corrected chi connectivity index (χ4v) is 1.13. The lowest BCUT2D eigenvalue weighted by Gasteiger charge is -2.01. The SMILES string of the molecule is NCCc1ccnc(CCN)c1. The summed E-state index contributed by atoms with van der Waals surface area (Å²) in [6.07, 6.45) is 3.58. The van der Waals surface area contributed by atoms with Crippen LogP contribution in [0.1, 0.15) is 11.3 Å². The highest BCUT2D eigenvalue weighted by Crippen LogP contribution is 2.02. The lowest BCUT2D eigenvalue weighted by molar-refractivity contribution is 0.902. The lowest BCUT2D eigenvalue weighted by Crippen LogP contribution is -2.06. The molecule has 1 heterocycles. The normalized spacial score (nSPS) is 10.2. The Morgan fingerprint density at radius 3 is 2.58 bits per heavy atom. The topological polar surface area (TPSA) is 64.9 Å². The summed E-state index contributed by atoms with van der Waals surface area (Å²) in [5.74, 6) is 0. The third-order valence-electron chi connectivity index (χ3n) is 1.71. The fraction of sp³-hybridized carbons (Fsp3) is 0.444. The van der Waals surface area contributed by atoms with Crippen molar-refractivity contribution in [2.45, 2.75) is 12.8 Å². The highest BCUT2D eigenvalue weighted by atomic mass is 14.7. The van der Waals surface area contributed by atoms with E-state index in [9.17, 15) is 0 Å². The second-order valence-corrected chi connectivity index (χ2v) is 2.73. The van der Waals surface area contributed by atoms with Gasteiger partial charge < -0.3 is 11.5 Å². The van der Waals surface area contributed by atoms with Gasteiger partial charge in [0.25, 0.3) is 0 Å². The Bertz CT molecular complexity index is 214. The Morgan fingerprint density at radius 1 is 1.17 bits per heavy atom. The van der Waals surface area contributed by atoms with Crippen molar-refractivity contribution in [1.29, 1.82) is 0 Å². The monoisotopic (exact) mass is 165 g/mol. The molecule has 0 unspecified atom stereocenters. The lowest BCUT2D eigenvalue weighted by atomic mass is 10.1. The molecule has 1 aromatic rings. The van der Waals surface area contributed by atoms with Gasteiger partial charge in [-0.2, -0.15) is 0 Å². The first-order chi connectivity index (χ1) is 5.86. The number of nitrogens with zero attached hydrogens (tertiary/aromatic N) is 1. The minimum Gasteiger partial charge on any atom is -0.330 e. The molecule has 0 saturated carbocycles. The molecule has 0 amide bonds. The van der Waals surface area contributed by atoms with E-state index in [1.807, 2.05) is 12.3 Å². The summed E-state index contributed by atoms with van der Waals surface area (Å²) in [6.45, 7) is 1.34. The predicted molar refractivity (Wildman–Crippen MR) is 49.8 cm³/mol. The van der Waals surface area contributed by atoms with E-state index in [0.717, 1.165) is 18.5 Å². The van der Waals surface area contributed by atoms with E-state index in [1.54, 1.807) is 0 Å². The van der Waals surface area contributed by atoms with Gasteiger partial charge in [-0.05, 0) is 37.2 Å². The predicted octanol–water partition coefficient (Wildman–Crippen LogP) is 0.0840. The van der Waals surface area contributed by atoms with Crippen molar-refractivity contribution < 1.29 is 0 Å². The van der Waals surface area contributed by atoms with Crippen LogP contribution < -0.4 is 11.5 Å². The van der Waals surface area contributed by atoms with Crippen molar-refractivity contribution in [3.8, 4) is 0 Å². The summed E-state index contributed by atoms with van der Waals surface area (Å²) >= 11 is 0. The molecule has 0 aliphatic heterocycles. The molecule has 0 aliphatic rings. The molecule has 0 fully saturated rings. The second kappa shape index (κ2) is 4.85. The molecule has 0 spiro atoms. The van der Waals surface area contributed by atoms with Gasteiger partial charge >= 0.3 is 0 Å². The molecule has 1 aromatic heterocycles. The molecule has 0 aromatic carbocycles. The van der Waals surface area contributed by atoms with E-state index in [4.69, 9.17) is 11.5 Å². The Labute approximate surface area is 72.8 Å². The molecule has 0 saturated heterocycles. The van der Waals surface area contributed by atoms with E-state index in [0.29, 0.717) is 13.1 Å². The largest absolute Gasteiger partial charge is 0.330 e. The Balaban J connectivity index is 2.67. The van der Waals surface area contributed by atoms with Crippen LogP contribution in [0.4, 0.5) is 0 Å². The van der Waals surface area contributed by atoms with Gasteiger partial charge in [0.15, 0.2) is 0 Å². The fourth-order valence-electron chi connectivity index (χ4n) is 1.13. The maximum absolute atomic E-state index is 5.44. The van der Waals surface area contributed by atoms with Crippen LogP contribution in [0, 0.1) is 0 Å². The number of rotatable bonds is 4. The third kappa shape index (κ3) is 2.60. The zero-order valence-electron chi connectivity index (χ0n) is 7.16. The first kappa shape index (κ1) is 9.16. The van der Waals surface area contributed by atoms with Crippen molar-refractivity contribution in [2.24, 2.45) is 11.5 Å². The molecule has 66 valence electrons. The molecule has 1 rings (SSSR count). The Morgan fingerprint density at radius 2 is 1.92 bits per heavy atom. The van der Waals surface area contributed by atoms with Crippen LogP contribution in [0.3, 0.4) is 0 Å². The van der Waals surface area contributed by atoms with Gasteiger partial charge in [-0.1, -0.05) is 0 Å². The highest BCUT2D eigenvalue weighted by molar-refractivity contribution is 5.16. The van der Waals surface area contributed by atoms with Crippen molar-refractivity contribution >= 4 is 0 Å². The number of pyridine rings is 1. The Hall–Kier alpha value is -0.930. The average molecular weight is 165 g/mol. The molecule has 12 heavy (non-hydrogen) atoms. The van der Waals surface area contributed by atoms with Crippen LogP contribution in [0.2, 0.25) is 0 Å². The zero-order chi connectivity index (χ0) is 8.81. The summed E-state index contributed by atoms with van der Waals surface area (Å²) < 4.78 is 0. The molecule has 0 atom stereocenters. The minimum atomic E-state index is 0.652. The quantitative estimate of drug-likeness (QED) is 0.664. The smallest absolute Gasteiger partial charge is 0.0418 e. The first-order valence-corrected chi connectivity index (χ1v) is 4.20. The van der Waals surface area contributed by atoms with Crippen molar-refractivity contribution in [3.05, 3.63) is 29.6 Å². The van der Waals surface area contributed by atoms with Gasteiger partial charge in [0, 0.05) is 18.3 Å². The molecular weight excluding hydrogens is 150 g/mol. The van der Waals surface area contributed by atoms with Gasteiger partial charge in [0.1, 0.15) is 0 Å². The van der Waals surface area contributed by atoms with E-state index in [2.05, 4.69) is 11.1 Å². The van der Waals surface area contributed by atoms with Crippen LogP contribution in [-0.2, 0) is 12.8 Å². The van der Waals surface area contributed by atoms with Gasteiger partial charge in [-0.15, -0.1) is 0 Å². The number of aromatic nitrogens is 1. The molecule has 0 radical (unpaired) electrons. The van der Waals surface area contributed by atoms with Crippen molar-refractivity contribution in [2.75, 3.05) is 13.1 Å². The van der Waals surface area contributed by atoms with Crippen LogP contribution in [0.5, 0.6) is 0 Å². The third-order valence-corrected chi connectivity index (χ3v) is 1.71. The van der Waals surface area contributed by atoms with Gasteiger partial charge in [0.05, 0.1) is 0 Å². The van der Waals surface area contributed by atoms with Gasteiger partial charge in [-0.25, -0.2) is 0 Å². The minimum absolute atomic E-state index is 0.652. The summed E-state index contributed by atoms with van der Waals surface area (Å²) in [5, 5.41) is 0. The number of nitrogens with two attached hydrogens (primary N) is 2. The van der Waals surface area contributed by atoms with E-state index >= 15 is 0 Å².